The van der Waals surface area contributed by atoms with E-state index in [0.29, 0.717) is 19.4 Å². The van der Waals surface area contributed by atoms with Crippen molar-refractivity contribution in [1.82, 2.24) is 25.8 Å². The van der Waals surface area contributed by atoms with Gasteiger partial charge in [-0.1, -0.05) is 12.8 Å². The summed E-state index contributed by atoms with van der Waals surface area (Å²) >= 11 is 0. The number of amides is 2. The molecule has 0 aromatic carbocycles. The zero-order valence-corrected chi connectivity index (χ0v) is 11.8. The molecule has 1 aromatic heterocycles. The summed E-state index contributed by atoms with van der Waals surface area (Å²) in [4.78, 5) is 26.9. The van der Waals surface area contributed by atoms with E-state index in [9.17, 15) is 9.59 Å². The summed E-state index contributed by atoms with van der Waals surface area (Å²) in [6.07, 6.45) is 6.13. The van der Waals surface area contributed by atoms with Gasteiger partial charge < -0.3 is 15.7 Å². The Hall–Kier alpha value is -2.12. The van der Waals surface area contributed by atoms with Gasteiger partial charge in [-0.3, -0.25) is 9.89 Å². The molecule has 0 saturated heterocycles. The Balaban J connectivity index is 1.67. The van der Waals surface area contributed by atoms with Crippen LogP contribution in [0.2, 0.25) is 0 Å². The second-order valence-corrected chi connectivity index (χ2v) is 5.27. The zero-order chi connectivity index (χ0) is 15.1. The molecule has 21 heavy (non-hydrogen) atoms. The highest BCUT2D eigenvalue weighted by atomic mass is 16.4. The Kier molecular flexibility index (Phi) is 5.53. The van der Waals surface area contributed by atoms with Gasteiger partial charge in [0, 0.05) is 19.0 Å². The summed E-state index contributed by atoms with van der Waals surface area (Å²) in [5.74, 6) is -0.514. The zero-order valence-electron chi connectivity index (χ0n) is 11.8. The molecule has 116 valence electrons. The fraction of sp³-hybridized carbons (Fsp3) is 0.692. The Morgan fingerprint density at radius 2 is 2.19 bits per heavy atom. The molecule has 1 aliphatic carbocycles. The predicted molar refractivity (Wildman–Crippen MR) is 74.6 cm³/mol. The number of aryl methyl sites for hydroxylation is 1. The SMILES string of the molecule is O=C(NCCCc1ncn[nH]1)NC1CCCCC1C(=O)O. The first kappa shape index (κ1) is 15.3. The van der Waals surface area contributed by atoms with Crippen LogP contribution in [0.25, 0.3) is 0 Å². The Bertz CT molecular complexity index is 462. The van der Waals surface area contributed by atoms with Gasteiger partial charge >= 0.3 is 12.0 Å². The van der Waals surface area contributed by atoms with E-state index in [2.05, 4.69) is 25.8 Å². The van der Waals surface area contributed by atoms with Crippen molar-refractivity contribution in [3.05, 3.63) is 12.2 Å². The summed E-state index contributed by atoms with van der Waals surface area (Å²) < 4.78 is 0. The number of rotatable bonds is 6. The number of hydrogen-bond acceptors (Lipinski definition) is 4. The van der Waals surface area contributed by atoms with Crippen molar-refractivity contribution in [2.45, 2.75) is 44.6 Å². The van der Waals surface area contributed by atoms with Crippen LogP contribution in [0.5, 0.6) is 0 Å². The van der Waals surface area contributed by atoms with Crippen molar-refractivity contribution in [2.24, 2.45) is 5.92 Å². The molecule has 1 heterocycles. The molecule has 1 fully saturated rings. The molecular weight excluding hydrogens is 274 g/mol. The maximum Gasteiger partial charge on any atom is 0.315 e. The molecule has 0 aliphatic heterocycles. The number of urea groups is 1. The molecule has 2 unspecified atom stereocenters. The summed E-state index contributed by atoms with van der Waals surface area (Å²) in [6, 6.07) is -0.573. The van der Waals surface area contributed by atoms with Crippen molar-refractivity contribution in [3.63, 3.8) is 0 Å². The van der Waals surface area contributed by atoms with E-state index >= 15 is 0 Å². The average molecular weight is 295 g/mol. The Morgan fingerprint density at radius 1 is 1.38 bits per heavy atom. The molecule has 1 aliphatic rings. The van der Waals surface area contributed by atoms with E-state index < -0.39 is 11.9 Å². The first-order valence-electron chi connectivity index (χ1n) is 7.28. The molecule has 2 atom stereocenters. The fourth-order valence-electron chi connectivity index (χ4n) is 2.63. The topological polar surface area (TPSA) is 120 Å². The van der Waals surface area contributed by atoms with E-state index in [1.807, 2.05) is 0 Å². The number of hydrogen-bond donors (Lipinski definition) is 4. The number of aromatic amines is 1. The van der Waals surface area contributed by atoms with Gasteiger partial charge in [0.2, 0.25) is 0 Å². The minimum absolute atomic E-state index is 0.273. The quantitative estimate of drug-likeness (QED) is 0.575. The summed E-state index contributed by atoms with van der Waals surface area (Å²) in [5, 5.41) is 21.2. The Morgan fingerprint density at radius 3 is 2.90 bits per heavy atom. The van der Waals surface area contributed by atoms with Crippen molar-refractivity contribution in [2.75, 3.05) is 6.54 Å². The highest BCUT2D eigenvalue weighted by Gasteiger charge is 2.31. The van der Waals surface area contributed by atoms with Crippen LogP contribution < -0.4 is 10.6 Å². The van der Waals surface area contributed by atoms with Gasteiger partial charge in [-0.25, -0.2) is 9.78 Å². The van der Waals surface area contributed by atoms with Gasteiger partial charge in [0.1, 0.15) is 12.2 Å². The van der Waals surface area contributed by atoms with Gasteiger partial charge in [-0.2, -0.15) is 5.10 Å². The number of carboxylic acid groups (broad SMARTS) is 1. The number of carboxylic acids is 1. The molecule has 0 spiro atoms. The van der Waals surface area contributed by atoms with Crippen LogP contribution in [0.3, 0.4) is 0 Å². The molecular formula is C13H21N5O3. The van der Waals surface area contributed by atoms with Crippen LogP contribution in [-0.2, 0) is 11.2 Å². The second kappa shape index (κ2) is 7.61. The average Bonchev–Trinajstić information content (AvgIpc) is 2.97. The number of carbonyl (C=O) groups excluding carboxylic acids is 1. The third kappa shape index (κ3) is 4.73. The van der Waals surface area contributed by atoms with Gasteiger partial charge in [-0.05, 0) is 19.3 Å². The standard InChI is InChI=1S/C13H21N5O3/c19-12(20)9-4-1-2-5-10(9)17-13(21)14-7-3-6-11-15-8-16-18-11/h8-10H,1-7H2,(H,19,20)(H2,14,17,21)(H,15,16,18). The van der Waals surface area contributed by atoms with Crippen LogP contribution >= 0.6 is 0 Å². The molecule has 2 rings (SSSR count). The molecule has 8 heteroatoms. The number of aromatic nitrogens is 3. The molecule has 2 amide bonds. The smallest absolute Gasteiger partial charge is 0.315 e. The highest BCUT2D eigenvalue weighted by molar-refractivity contribution is 5.76. The second-order valence-electron chi connectivity index (χ2n) is 5.27. The molecule has 4 N–H and O–H groups in total. The number of nitrogens with zero attached hydrogens (tertiary/aromatic N) is 2. The van der Waals surface area contributed by atoms with Gasteiger partial charge in [0.25, 0.3) is 0 Å². The van der Waals surface area contributed by atoms with E-state index in [1.54, 1.807) is 0 Å². The maximum atomic E-state index is 11.8. The lowest BCUT2D eigenvalue weighted by molar-refractivity contribution is -0.143. The van der Waals surface area contributed by atoms with Crippen LogP contribution in [-0.4, -0.2) is 44.9 Å². The highest BCUT2D eigenvalue weighted by Crippen LogP contribution is 2.24. The fourth-order valence-corrected chi connectivity index (χ4v) is 2.63. The molecule has 0 radical (unpaired) electrons. The van der Waals surface area contributed by atoms with E-state index in [-0.39, 0.29) is 12.1 Å². The minimum atomic E-state index is -0.828. The number of H-pyrrole nitrogens is 1. The summed E-state index contributed by atoms with van der Waals surface area (Å²) in [5.41, 5.74) is 0. The summed E-state index contributed by atoms with van der Waals surface area (Å²) in [7, 11) is 0. The van der Waals surface area contributed by atoms with Crippen LogP contribution in [0.1, 0.15) is 37.9 Å². The normalized spacial score (nSPS) is 21.7. The maximum absolute atomic E-state index is 11.8. The summed E-state index contributed by atoms with van der Waals surface area (Å²) in [6.45, 7) is 0.511. The first-order valence-corrected chi connectivity index (χ1v) is 7.28. The molecule has 8 nitrogen and oxygen atoms in total. The van der Waals surface area contributed by atoms with Crippen LogP contribution in [0.4, 0.5) is 4.79 Å². The molecule has 1 aromatic rings. The van der Waals surface area contributed by atoms with Gasteiger partial charge in [0.05, 0.1) is 5.92 Å². The third-order valence-corrected chi connectivity index (χ3v) is 3.74. The van der Waals surface area contributed by atoms with E-state index in [0.717, 1.165) is 31.5 Å². The number of carbonyl (C=O) groups is 2. The molecule has 0 bridgehead atoms. The van der Waals surface area contributed by atoms with Gasteiger partial charge in [-0.15, -0.1) is 0 Å². The van der Waals surface area contributed by atoms with Crippen molar-refractivity contribution in [1.29, 1.82) is 0 Å². The lowest BCUT2D eigenvalue weighted by Gasteiger charge is -2.29. The Labute approximate surface area is 122 Å². The predicted octanol–water partition coefficient (Wildman–Crippen LogP) is 0.680. The lowest BCUT2D eigenvalue weighted by Crippen LogP contribution is -2.49. The van der Waals surface area contributed by atoms with Gasteiger partial charge in [0.15, 0.2) is 0 Å². The first-order chi connectivity index (χ1) is 10.2. The van der Waals surface area contributed by atoms with E-state index in [1.165, 1.54) is 6.33 Å². The third-order valence-electron chi connectivity index (χ3n) is 3.74. The van der Waals surface area contributed by atoms with Crippen LogP contribution in [0.15, 0.2) is 6.33 Å². The van der Waals surface area contributed by atoms with Crippen molar-refractivity contribution >= 4 is 12.0 Å². The van der Waals surface area contributed by atoms with Crippen molar-refractivity contribution in [3.8, 4) is 0 Å². The largest absolute Gasteiger partial charge is 0.481 e. The monoisotopic (exact) mass is 295 g/mol. The van der Waals surface area contributed by atoms with E-state index in [4.69, 9.17) is 5.11 Å². The minimum Gasteiger partial charge on any atom is -0.481 e. The van der Waals surface area contributed by atoms with Crippen molar-refractivity contribution < 1.29 is 14.7 Å². The molecule has 1 saturated carbocycles. The number of nitrogens with one attached hydrogen (secondary N) is 3. The number of aliphatic carboxylic acids is 1. The lowest BCUT2D eigenvalue weighted by atomic mass is 9.84. The van der Waals surface area contributed by atoms with Crippen LogP contribution in [0, 0.1) is 5.92 Å².